The first-order valence-electron chi connectivity index (χ1n) is 8.48. The molecule has 1 N–H and O–H groups in total. The number of carbonyl (C=O) groups excluding carboxylic acids is 3. The van der Waals surface area contributed by atoms with Crippen molar-refractivity contribution in [2.75, 3.05) is 26.9 Å². The standard InChI is InChI=1S/C18H28N2O5/c1-7-14(21)20(9-10-24-6)13(5)17(22)15-11(3)16(19-12(15)4)18(23)25-8-2/h13,19H,7-10H2,1-6H3/t13-/m0/s1. The van der Waals surface area contributed by atoms with Crippen LogP contribution in [0.15, 0.2) is 0 Å². The van der Waals surface area contributed by atoms with Crippen molar-refractivity contribution >= 4 is 17.7 Å². The maximum Gasteiger partial charge on any atom is 0.355 e. The van der Waals surface area contributed by atoms with Crippen LogP contribution in [0.1, 0.15) is 59.3 Å². The molecule has 0 saturated carbocycles. The fourth-order valence-corrected chi connectivity index (χ4v) is 2.80. The zero-order chi connectivity index (χ0) is 19.1. The van der Waals surface area contributed by atoms with Crippen molar-refractivity contribution in [3.05, 3.63) is 22.5 Å². The molecule has 0 saturated heterocycles. The van der Waals surface area contributed by atoms with Crippen molar-refractivity contribution in [1.29, 1.82) is 0 Å². The second-order valence-electron chi connectivity index (χ2n) is 5.82. The molecular weight excluding hydrogens is 324 g/mol. The van der Waals surface area contributed by atoms with Crippen molar-refractivity contribution in [2.45, 2.75) is 47.1 Å². The van der Waals surface area contributed by atoms with Crippen LogP contribution in [-0.4, -0.2) is 60.5 Å². The number of hydrogen-bond acceptors (Lipinski definition) is 5. The molecule has 0 unspecified atom stereocenters. The van der Waals surface area contributed by atoms with E-state index in [0.29, 0.717) is 36.4 Å². The number of aryl methyl sites for hydroxylation is 1. The van der Waals surface area contributed by atoms with Crippen molar-refractivity contribution in [1.82, 2.24) is 9.88 Å². The van der Waals surface area contributed by atoms with Crippen molar-refractivity contribution in [3.63, 3.8) is 0 Å². The molecule has 0 spiro atoms. The summed E-state index contributed by atoms with van der Waals surface area (Å²) in [6.07, 6.45) is 0.306. The van der Waals surface area contributed by atoms with Gasteiger partial charge in [0, 0.05) is 31.3 Å². The highest BCUT2D eigenvalue weighted by Gasteiger charge is 2.30. The summed E-state index contributed by atoms with van der Waals surface area (Å²) >= 11 is 0. The van der Waals surface area contributed by atoms with Crippen LogP contribution in [-0.2, 0) is 14.3 Å². The number of ketones is 1. The molecule has 0 aliphatic rings. The summed E-state index contributed by atoms with van der Waals surface area (Å²) in [7, 11) is 1.55. The molecule has 1 amide bonds. The van der Waals surface area contributed by atoms with Crippen molar-refractivity contribution < 1.29 is 23.9 Å². The average Bonchev–Trinajstić information content (AvgIpc) is 2.88. The topological polar surface area (TPSA) is 88.7 Å². The minimum atomic E-state index is -0.647. The van der Waals surface area contributed by atoms with Gasteiger partial charge in [-0.15, -0.1) is 0 Å². The molecule has 1 atom stereocenters. The highest BCUT2D eigenvalue weighted by Crippen LogP contribution is 2.22. The molecule has 25 heavy (non-hydrogen) atoms. The molecule has 140 valence electrons. The second-order valence-corrected chi connectivity index (χ2v) is 5.82. The highest BCUT2D eigenvalue weighted by molar-refractivity contribution is 6.06. The smallest absolute Gasteiger partial charge is 0.355 e. The largest absolute Gasteiger partial charge is 0.461 e. The second kappa shape index (κ2) is 9.36. The number of aromatic nitrogens is 1. The van der Waals surface area contributed by atoms with E-state index in [9.17, 15) is 14.4 Å². The van der Waals surface area contributed by atoms with Crippen LogP contribution >= 0.6 is 0 Å². The first-order chi connectivity index (χ1) is 11.8. The van der Waals surface area contributed by atoms with Gasteiger partial charge in [-0.3, -0.25) is 9.59 Å². The van der Waals surface area contributed by atoms with E-state index in [2.05, 4.69) is 4.98 Å². The number of carbonyl (C=O) groups is 3. The summed E-state index contributed by atoms with van der Waals surface area (Å²) in [5.41, 5.74) is 1.85. The fraction of sp³-hybridized carbons (Fsp3) is 0.611. The Morgan fingerprint density at radius 1 is 1.20 bits per heavy atom. The Labute approximate surface area is 148 Å². The monoisotopic (exact) mass is 352 g/mol. The summed E-state index contributed by atoms with van der Waals surface area (Å²) in [5.74, 6) is -0.815. The fourth-order valence-electron chi connectivity index (χ4n) is 2.80. The zero-order valence-corrected chi connectivity index (χ0v) is 15.9. The van der Waals surface area contributed by atoms with Crippen LogP contribution in [0, 0.1) is 13.8 Å². The molecule has 0 aliphatic heterocycles. The van der Waals surface area contributed by atoms with Gasteiger partial charge in [-0.25, -0.2) is 4.79 Å². The Morgan fingerprint density at radius 2 is 1.84 bits per heavy atom. The number of H-pyrrole nitrogens is 1. The number of rotatable bonds is 9. The molecule has 0 fully saturated rings. The van der Waals surface area contributed by atoms with Gasteiger partial charge in [-0.05, 0) is 33.3 Å². The number of methoxy groups -OCH3 is 1. The molecule has 7 nitrogen and oxygen atoms in total. The summed E-state index contributed by atoms with van der Waals surface area (Å²) in [6.45, 7) is 9.55. The third-order valence-corrected chi connectivity index (χ3v) is 4.17. The minimum absolute atomic E-state index is 0.116. The van der Waals surface area contributed by atoms with Gasteiger partial charge in [0.1, 0.15) is 5.69 Å². The van der Waals surface area contributed by atoms with Gasteiger partial charge in [-0.1, -0.05) is 6.92 Å². The predicted octanol–water partition coefficient (Wildman–Crippen LogP) is 2.26. The highest BCUT2D eigenvalue weighted by atomic mass is 16.5. The Kier molecular flexibility index (Phi) is 7.83. The number of nitrogens with zero attached hydrogens (tertiary/aromatic N) is 1. The third kappa shape index (κ3) is 4.69. The number of esters is 1. The van der Waals surface area contributed by atoms with Crippen LogP contribution in [0.25, 0.3) is 0 Å². The lowest BCUT2D eigenvalue weighted by molar-refractivity contribution is -0.132. The number of nitrogens with one attached hydrogen (secondary N) is 1. The van der Waals surface area contributed by atoms with Crippen molar-refractivity contribution in [2.24, 2.45) is 0 Å². The summed E-state index contributed by atoms with van der Waals surface area (Å²) < 4.78 is 10.1. The summed E-state index contributed by atoms with van der Waals surface area (Å²) in [6, 6.07) is -0.647. The molecule has 1 aromatic heterocycles. The molecule has 1 aromatic rings. The first kappa shape index (κ1) is 20.9. The molecule has 1 rings (SSSR count). The van der Waals surface area contributed by atoms with E-state index >= 15 is 0 Å². The van der Waals surface area contributed by atoms with Gasteiger partial charge in [-0.2, -0.15) is 0 Å². The third-order valence-electron chi connectivity index (χ3n) is 4.17. The number of ether oxygens (including phenoxy) is 2. The number of hydrogen-bond donors (Lipinski definition) is 1. The SMILES string of the molecule is CCOC(=O)c1[nH]c(C)c(C(=O)[C@H](C)N(CCOC)C(=O)CC)c1C. The maximum absolute atomic E-state index is 13.0. The van der Waals surface area contributed by atoms with Gasteiger partial charge in [0.25, 0.3) is 0 Å². The number of amides is 1. The summed E-state index contributed by atoms with van der Waals surface area (Å²) in [5, 5.41) is 0. The molecule has 1 heterocycles. The van der Waals surface area contributed by atoms with Gasteiger partial charge in [0.2, 0.25) is 5.91 Å². The van der Waals surface area contributed by atoms with E-state index in [1.54, 1.807) is 41.7 Å². The van der Waals surface area contributed by atoms with Crippen molar-refractivity contribution in [3.8, 4) is 0 Å². The molecular formula is C18H28N2O5. The van der Waals surface area contributed by atoms with E-state index < -0.39 is 12.0 Å². The van der Waals surface area contributed by atoms with E-state index in [-0.39, 0.29) is 24.0 Å². The number of Topliss-reactive ketones (excluding diaryl/α,β-unsaturated/α-hetero) is 1. The molecule has 0 aliphatic carbocycles. The van der Waals surface area contributed by atoms with E-state index in [1.807, 2.05) is 0 Å². The van der Waals surface area contributed by atoms with Gasteiger partial charge in [0.05, 0.1) is 19.3 Å². The molecule has 7 heteroatoms. The zero-order valence-electron chi connectivity index (χ0n) is 15.9. The minimum Gasteiger partial charge on any atom is -0.461 e. The summed E-state index contributed by atoms with van der Waals surface area (Å²) in [4.78, 5) is 41.7. The van der Waals surface area contributed by atoms with Crippen LogP contribution in [0.4, 0.5) is 0 Å². The van der Waals surface area contributed by atoms with Gasteiger partial charge < -0.3 is 19.4 Å². The predicted molar refractivity (Wildman–Crippen MR) is 93.9 cm³/mol. The Balaban J connectivity index is 3.16. The first-order valence-corrected chi connectivity index (χ1v) is 8.48. The Morgan fingerprint density at radius 3 is 2.36 bits per heavy atom. The Hall–Kier alpha value is -2.15. The maximum atomic E-state index is 13.0. The van der Waals surface area contributed by atoms with Crippen LogP contribution in [0.5, 0.6) is 0 Å². The van der Waals surface area contributed by atoms with Gasteiger partial charge >= 0.3 is 5.97 Å². The van der Waals surface area contributed by atoms with Crippen LogP contribution in [0.2, 0.25) is 0 Å². The molecule has 0 bridgehead atoms. The van der Waals surface area contributed by atoms with E-state index in [0.717, 1.165) is 0 Å². The Bertz CT molecular complexity index is 636. The lowest BCUT2D eigenvalue weighted by Crippen LogP contribution is -2.45. The lowest BCUT2D eigenvalue weighted by Gasteiger charge is -2.28. The lowest BCUT2D eigenvalue weighted by atomic mass is 9.99. The normalized spacial score (nSPS) is 11.9. The average molecular weight is 352 g/mol. The number of aromatic amines is 1. The molecule has 0 aromatic carbocycles. The van der Waals surface area contributed by atoms with Gasteiger partial charge in [0.15, 0.2) is 5.78 Å². The molecule has 0 radical (unpaired) electrons. The van der Waals surface area contributed by atoms with Crippen LogP contribution in [0.3, 0.4) is 0 Å². The quantitative estimate of drug-likeness (QED) is 0.544. The van der Waals surface area contributed by atoms with E-state index in [1.165, 1.54) is 4.90 Å². The van der Waals surface area contributed by atoms with Crippen LogP contribution < -0.4 is 0 Å². The van der Waals surface area contributed by atoms with E-state index in [4.69, 9.17) is 9.47 Å².